The highest BCUT2D eigenvalue weighted by Crippen LogP contribution is 2.76. The quantitative estimate of drug-likeness (QED) is 0.562. The monoisotopic (exact) mass is 430 g/mol. The van der Waals surface area contributed by atoms with Crippen molar-refractivity contribution in [2.24, 2.45) is 22.2 Å². The Balaban J connectivity index is 1.37. The van der Waals surface area contributed by atoms with Gasteiger partial charge in [-0.1, -0.05) is 0 Å². The van der Waals surface area contributed by atoms with Crippen LogP contribution in [0, 0.1) is 22.2 Å². The molecule has 0 spiro atoms. The highest BCUT2D eigenvalue weighted by molar-refractivity contribution is 5.22. The largest absolute Gasteiger partial charge is 0.393 e. The molecule has 0 heterocycles. The maximum atomic E-state index is 15.8. The number of aliphatic hydroxyl groups is 1. The highest BCUT2D eigenvalue weighted by atomic mass is 19.3. The highest BCUT2D eigenvalue weighted by Gasteiger charge is 2.78. The van der Waals surface area contributed by atoms with Gasteiger partial charge in [-0.15, -0.1) is 0 Å². The summed E-state index contributed by atoms with van der Waals surface area (Å²) in [7, 11) is 1.44. The van der Waals surface area contributed by atoms with Crippen LogP contribution < -0.4 is 0 Å². The van der Waals surface area contributed by atoms with Crippen molar-refractivity contribution in [1.82, 2.24) is 0 Å². The fourth-order valence-corrected chi connectivity index (χ4v) is 8.77. The van der Waals surface area contributed by atoms with E-state index in [0.29, 0.717) is 31.6 Å². The van der Waals surface area contributed by atoms with Gasteiger partial charge in [0, 0.05) is 12.5 Å². The van der Waals surface area contributed by atoms with Crippen LogP contribution in [-0.4, -0.2) is 42.8 Å². The van der Waals surface area contributed by atoms with E-state index in [9.17, 15) is 5.11 Å². The Morgan fingerprint density at radius 3 is 1.93 bits per heavy atom. The van der Waals surface area contributed by atoms with Crippen molar-refractivity contribution in [2.75, 3.05) is 13.9 Å². The maximum absolute atomic E-state index is 15.8. The average Bonchev–Trinajstić information content (AvgIpc) is 2.78. The van der Waals surface area contributed by atoms with Crippen LogP contribution in [0.5, 0.6) is 0 Å². The van der Waals surface area contributed by atoms with Gasteiger partial charge in [0.05, 0.1) is 6.10 Å². The molecule has 4 bridgehead atoms. The van der Waals surface area contributed by atoms with Crippen LogP contribution in [0.3, 0.4) is 0 Å². The molecule has 0 aromatic heterocycles. The molecule has 0 aromatic carbocycles. The molecule has 7 aliphatic carbocycles. The molecule has 0 radical (unpaired) electrons. The molecule has 0 amide bonds. The van der Waals surface area contributed by atoms with Crippen LogP contribution in [-0.2, 0) is 9.47 Å². The van der Waals surface area contributed by atoms with Gasteiger partial charge in [0.25, 0.3) is 5.92 Å². The van der Waals surface area contributed by atoms with Crippen LogP contribution in [0.4, 0.5) is 13.2 Å². The number of rotatable bonds is 5. The summed E-state index contributed by atoms with van der Waals surface area (Å²) in [5.41, 5.74) is -2.75. The normalized spacial score (nSPS) is 52.5. The number of alkyl halides is 3. The van der Waals surface area contributed by atoms with Crippen LogP contribution in [0.1, 0.15) is 89.9 Å². The number of hydrogen-bond donors (Lipinski definition) is 1. The first-order chi connectivity index (χ1) is 14.2. The number of aliphatic hydroxyl groups excluding tert-OH is 1. The molecule has 7 aliphatic rings. The summed E-state index contributed by atoms with van der Waals surface area (Å²) in [5, 5.41) is 9.89. The zero-order valence-electron chi connectivity index (χ0n) is 18.2. The van der Waals surface area contributed by atoms with Crippen LogP contribution >= 0.6 is 0 Å². The fourth-order valence-electron chi connectivity index (χ4n) is 8.77. The van der Waals surface area contributed by atoms with Crippen molar-refractivity contribution < 1.29 is 27.8 Å². The van der Waals surface area contributed by atoms with Gasteiger partial charge in [-0.3, -0.25) is 0 Å². The van der Waals surface area contributed by atoms with Gasteiger partial charge in [0.2, 0.25) is 0 Å². The number of ether oxygens (including phenoxy) is 2. The topological polar surface area (TPSA) is 38.7 Å². The zero-order valence-corrected chi connectivity index (χ0v) is 18.2. The Bertz CT molecular complexity index is 626. The third kappa shape index (κ3) is 2.68. The molecule has 30 heavy (non-hydrogen) atoms. The molecule has 7 fully saturated rings. The van der Waals surface area contributed by atoms with Crippen LogP contribution in [0.15, 0.2) is 0 Å². The van der Waals surface area contributed by atoms with Gasteiger partial charge < -0.3 is 14.6 Å². The predicted octanol–water partition coefficient (Wildman–Crippen LogP) is 5.78. The molecule has 1 atom stereocenters. The fraction of sp³-hybridized carbons (Fsp3) is 1.00. The summed E-state index contributed by atoms with van der Waals surface area (Å²) in [4.78, 5) is 0. The van der Waals surface area contributed by atoms with E-state index in [1.54, 1.807) is 0 Å². The average molecular weight is 431 g/mol. The lowest BCUT2D eigenvalue weighted by atomic mass is 9.37. The van der Waals surface area contributed by atoms with E-state index in [4.69, 9.17) is 9.47 Å². The minimum absolute atomic E-state index is 0.132. The number of methoxy groups -OCH3 is 1. The van der Waals surface area contributed by atoms with Crippen molar-refractivity contribution in [2.45, 2.75) is 114 Å². The van der Waals surface area contributed by atoms with E-state index in [2.05, 4.69) is 0 Å². The van der Waals surface area contributed by atoms with Crippen LogP contribution in [0.25, 0.3) is 0 Å². The minimum Gasteiger partial charge on any atom is -0.393 e. The van der Waals surface area contributed by atoms with Gasteiger partial charge in [-0.2, -0.15) is 0 Å². The van der Waals surface area contributed by atoms with Gasteiger partial charge in [-0.05, 0) is 107 Å². The van der Waals surface area contributed by atoms with Gasteiger partial charge in [-0.25, -0.2) is 13.2 Å². The second-order valence-corrected chi connectivity index (χ2v) is 11.3. The summed E-state index contributed by atoms with van der Waals surface area (Å²) in [6.45, 7) is -0.132. The van der Waals surface area contributed by atoms with Crippen molar-refractivity contribution in [1.29, 1.82) is 0 Å². The van der Waals surface area contributed by atoms with Crippen molar-refractivity contribution in [3.05, 3.63) is 0 Å². The lowest BCUT2D eigenvalue weighted by Crippen LogP contribution is -2.73. The van der Waals surface area contributed by atoms with Crippen molar-refractivity contribution in [3.63, 3.8) is 0 Å². The van der Waals surface area contributed by atoms with E-state index >= 15 is 13.2 Å². The summed E-state index contributed by atoms with van der Waals surface area (Å²) in [5.74, 6) is -2.72. The molecular weight excluding hydrogens is 393 g/mol. The second kappa shape index (κ2) is 7.08. The van der Waals surface area contributed by atoms with E-state index < -0.39 is 28.5 Å². The molecule has 7 saturated carbocycles. The number of fused-ring (bicyclic) bond motifs is 6. The predicted molar refractivity (Wildman–Crippen MR) is 107 cm³/mol. The van der Waals surface area contributed by atoms with E-state index in [1.807, 2.05) is 0 Å². The Morgan fingerprint density at radius 1 is 0.833 bits per heavy atom. The van der Waals surface area contributed by atoms with Gasteiger partial charge in [0.15, 0.2) is 6.17 Å². The molecule has 0 aliphatic heterocycles. The third-order valence-corrected chi connectivity index (χ3v) is 10.7. The molecule has 3 nitrogen and oxygen atoms in total. The summed E-state index contributed by atoms with van der Waals surface area (Å²) < 4.78 is 57.5. The number of hydrogen-bond acceptors (Lipinski definition) is 3. The Labute approximate surface area is 178 Å². The third-order valence-electron chi connectivity index (χ3n) is 10.7. The van der Waals surface area contributed by atoms with Crippen molar-refractivity contribution >= 4 is 0 Å². The molecule has 7 rings (SSSR count). The lowest BCUT2D eigenvalue weighted by molar-refractivity contribution is -0.349. The van der Waals surface area contributed by atoms with Crippen molar-refractivity contribution in [3.8, 4) is 0 Å². The first kappa shape index (κ1) is 21.5. The van der Waals surface area contributed by atoms with E-state index in [-0.39, 0.29) is 18.3 Å². The summed E-state index contributed by atoms with van der Waals surface area (Å²) in [6.07, 6.45) is 8.47. The zero-order chi connectivity index (χ0) is 21.3. The lowest BCUT2D eigenvalue weighted by Gasteiger charge is -2.69. The summed E-state index contributed by atoms with van der Waals surface area (Å²) >= 11 is 0. The molecule has 0 saturated heterocycles. The Morgan fingerprint density at radius 2 is 1.40 bits per heavy atom. The maximum Gasteiger partial charge on any atom is 0.287 e. The Kier molecular flexibility index (Phi) is 5.08. The van der Waals surface area contributed by atoms with E-state index in [1.165, 1.54) is 7.11 Å². The van der Waals surface area contributed by atoms with Gasteiger partial charge >= 0.3 is 0 Å². The van der Waals surface area contributed by atoms with E-state index in [0.717, 1.165) is 64.2 Å². The summed E-state index contributed by atoms with van der Waals surface area (Å²) in [6, 6.07) is 0. The Hall–Kier alpha value is -0.330. The molecule has 0 aromatic rings. The molecular formula is C24H37F3O3. The molecule has 6 heteroatoms. The van der Waals surface area contributed by atoms with Crippen LogP contribution in [0.2, 0.25) is 0 Å². The van der Waals surface area contributed by atoms with Gasteiger partial charge in [0.1, 0.15) is 12.4 Å². The smallest absolute Gasteiger partial charge is 0.287 e. The molecule has 172 valence electrons. The SMILES string of the molecule is COCOC12CCC(C34CCC(C5CCC(O)CC5)(CC3)CC4)(CC1)C(F)(F)C2F. The minimum atomic E-state index is -3.34. The first-order valence-corrected chi connectivity index (χ1v) is 12.1. The second-order valence-electron chi connectivity index (χ2n) is 11.3. The number of halogens is 3. The standard InChI is InChI=1S/C24H37F3O3/c1-29-16-30-22-12-14-23(15-13-22,24(26,27)19(22)25)21-9-6-20(7-10-21,8-11-21)17-2-4-18(28)5-3-17/h17-19,28H,2-16H2,1H3. The molecule has 1 N–H and O–H groups in total. The molecule has 1 unspecified atom stereocenters. The first-order valence-electron chi connectivity index (χ1n) is 12.1.